The molecule has 5 heteroatoms. The second-order valence-corrected chi connectivity index (χ2v) is 8.41. The molecule has 0 saturated carbocycles. The number of para-hydroxylation sites is 1. The zero-order chi connectivity index (χ0) is 23.3. The van der Waals surface area contributed by atoms with E-state index in [0.717, 1.165) is 35.2 Å². The lowest BCUT2D eigenvalue weighted by Gasteiger charge is -2.36. The van der Waals surface area contributed by atoms with E-state index in [4.69, 9.17) is 9.47 Å². The van der Waals surface area contributed by atoms with E-state index in [9.17, 15) is 4.79 Å². The topological polar surface area (TPSA) is 42.0 Å². The van der Waals surface area contributed by atoms with Crippen LogP contribution in [0.4, 0.5) is 5.69 Å². The Morgan fingerprint density at radius 2 is 1.53 bits per heavy atom. The van der Waals surface area contributed by atoms with Crippen LogP contribution in [0.1, 0.15) is 15.9 Å². The van der Waals surface area contributed by atoms with Crippen LogP contribution in [0, 0.1) is 0 Å². The smallest absolute Gasteiger partial charge is 0.253 e. The number of hydrogen-bond acceptors (Lipinski definition) is 4. The normalized spacial score (nSPS) is 13.7. The van der Waals surface area contributed by atoms with E-state index < -0.39 is 0 Å². The Morgan fingerprint density at radius 1 is 0.794 bits per heavy atom. The van der Waals surface area contributed by atoms with Crippen molar-refractivity contribution in [2.45, 2.75) is 6.61 Å². The first kappa shape index (κ1) is 21.8. The van der Waals surface area contributed by atoms with Crippen LogP contribution in [-0.2, 0) is 6.61 Å². The van der Waals surface area contributed by atoms with Gasteiger partial charge in [0.2, 0.25) is 0 Å². The van der Waals surface area contributed by atoms with Crippen molar-refractivity contribution in [3.63, 3.8) is 0 Å². The molecule has 0 N–H and O–H groups in total. The first-order valence-corrected chi connectivity index (χ1v) is 11.6. The van der Waals surface area contributed by atoms with Crippen molar-refractivity contribution in [2.24, 2.45) is 0 Å². The Kier molecular flexibility index (Phi) is 6.34. The number of carbonyl (C=O) groups excluding carboxylic acids is 1. The Labute approximate surface area is 200 Å². The lowest BCUT2D eigenvalue weighted by molar-refractivity contribution is 0.0746. The third kappa shape index (κ3) is 4.55. The Balaban J connectivity index is 1.29. The third-order valence-electron chi connectivity index (χ3n) is 6.35. The molecule has 0 aliphatic carbocycles. The maximum absolute atomic E-state index is 13.3. The summed E-state index contributed by atoms with van der Waals surface area (Å²) in [6.07, 6.45) is 0. The van der Waals surface area contributed by atoms with Gasteiger partial charge in [0.1, 0.15) is 18.1 Å². The van der Waals surface area contributed by atoms with E-state index in [-0.39, 0.29) is 5.91 Å². The number of carbonyl (C=O) groups is 1. The summed E-state index contributed by atoms with van der Waals surface area (Å²) in [6.45, 7) is 3.36. The maximum atomic E-state index is 13.3. The second-order valence-electron chi connectivity index (χ2n) is 8.41. The Bertz CT molecular complexity index is 1280. The lowest BCUT2D eigenvalue weighted by atomic mass is 10.1. The second kappa shape index (κ2) is 9.87. The molecular weight excluding hydrogens is 424 g/mol. The minimum atomic E-state index is 0.0433. The molecule has 1 aliphatic heterocycles. The van der Waals surface area contributed by atoms with Crippen molar-refractivity contribution >= 4 is 22.4 Å². The number of methoxy groups -OCH3 is 1. The molecule has 1 aliphatic rings. The van der Waals surface area contributed by atoms with Gasteiger partial charge < -0.3 is 19.3 Å². The van der Waals surface area contributed by atoms with Crippen molar-refractivity contribution in [3.05, 3.63) is 102 Å². The maximum Gasteiger partial charge on any atom is 0.253 e. The van der Waals surface area contributed by atoms with E-state index in [1.807, 2.05) is 65.6 Å². The highest BCUT2D eigenvalue weighted by atomic mass is 16.5. The fourth-order valence-corrected chi connectivity index (χ4v) is 4.49. The van der Waals surface area contributed by atoms with Crippen LogP contribution >= 0.6 is 0 Å². The van der Waals surface area contributed by atoms with Crippen molar-refractivity contribution in [1.29, 1.82) is 0 Å². The van der Waals surface area contributed by atoms with Gasteiger partial charge in [-0.05, 0) is 41.8 Å². The predicted molar refractivity (Wildman–Crippen MR) is 136 cm³/mol. The minimum absolute atomic E-state index is 0.0433. The molecule has 4 aromatic carbocycles. The highest BCUT2D eigenvalue weighted by molar-refractivity contribution is 5.95. The SMILES string of the molecule is COc1ccc(C(=O)N2CCN(c3ccccc3)CC2)cc1COc1cccc2ccccc12. The number of anilines is 1. The lowest BCUT2D eigenvalue weighted by Crippen LogP contribution is -2.48. The van der Waals surface area contributed by atoms with Gasteiger partial charge in [0.15, 0.2) is 0 Å². The van der Waals surface area contributed by atoms with E-state index in [1.54, 1.807) is 7.11 Å². The molecular formula is C29H28N2O3. The van der Waals surface area contributed by atoms with Crippen LogP contribution in [0.2, 0.25) is 0 Å². The van der Waals surface area contributed by atoms with Gasteiger partial charge in [0.25, 0.3) is 5.91 Å². The molecule has 0 atom stereocenters. The van der Waals surface area contributed by atoms with E-state index >= 15 is 0 Å². The number of hydrogen-bond donors (Lipinski definition) is 0. The summed E-state index contributed by atoms with van der Waals surface area (Å²) in [6, 6.07) is 30.1. The number of piperazine rings is 1. The average molecular weight is 453 g/mol. The number of nitrogens with zero attached hydrogens (tertiary/aromatic N) is 2. The zero-order valence-electron chi connectivity index (χ0n) is 19.3. The van der Waals surface area contributed by atoms with E-state index in [2.05, 4.69) is 35.2 Å². The van der Waals surface area contributed by atoms with Crippen LogP contribution in [-0.4, -0.2) is 44.1 Å². The Morgan fingerprint density at radius 3 is 2.32 bits per heavy atom. The molecule has 1 amide bonds. The largest absolute Gasteiger partial charge is 0.496 e. The van der Waals surface area contributed by atoms with Crippen LogP contribution in [0.5, 0.6) is 11.5 Å². The van der Waals surface area contributed by atoms with Crippen LogP contribution in [0.3, 0.4) is 0 Å². The number of ether oxygens (including phenoxy) is 2. The summed E-state index contributed by atoms with van der Waals surface area (Å²) in [5.74, 6) is 1.57. The summed E-state index contributed by atoms with van der Waals surface area (Å²) in [5, 5.41) is 2.19. The highest BCUT2D eigenvalue weighted by Gasteiger charge is 2.23. The van der Waals surface area contributed by atoms with Crippen molar-refractivity contribution in [3.8, 4) is 11.5 Å². The summed E-state index contributed by atoms with van der Waals surface area (Å²) in [4.78, 5) is 17.5. The molecule has 5 rings (SSSR count). The Hall–Kier alpha value is -3.99. The van der Waals surface area contributed by atoms with Gasteiger partial charge in [-0.15, -0.1) is 0 Å². The number of benzene rings is 4. The molecule has 4 aromatic rings. The zero-order valence-corrected chi connectivity index (χ0v) is 19.3. The molecule has 0 aromatic heterocycles. The molecule has 1 heterocycles. The molecule has 0 unspecified atom stereocenters. The molecule has 5 nitrogen and oxygen atoms in total. The molecule has 0 radical (unpaired) electrons. The van der Waals surface area contributed by atoms with Gasteiger partial charge in [0.05, 0.1) is 7.11 Å². The quantitative estimate of drug-likeness (QED) is 0.393. The molecule has 34 heavy (non-hydrogen) atoms. The number of fused-ring (bicyclic) bond motifs is 1. The molecule has 1 fully saturated rings. The number of amides is 1. The van der Waals surface area contributed by atoms with Crippen LogP contribution < -0.4 is 14.4 Å². The summed E-state index contributed by atoms with van der Waals surface area (Å²) in [7, 11) is 1.64. The van der Waals surface area contributed by atoms with E-state index in [1.165, 1.54) is 5.69 Å². The van der Waals surface area contributed by atoms with Crippen molar-refractivity contribution < 1.29 is 14.3 Å². The first-order chi connectivity index (χ1) is 16.7. The van der Waals surface area contributed by atoms with Crippen molar-refractivity contribution in [1.82, 2.24) is 4.90 Å². The summed E-state index contributed by atoms with van der Waals surface area (Å²) < 4.78 is 11.7. The van der Waals surface area contributed by atoms with Gasteiger partial charge in [-0.1, -0.05) is 54.6 Å². The average Bonchev–Trinajstić information content (AvgIpc) is 2.92. The van der Waals surface area contributed by atoms with Crippen LogP contribution in [0.15, 0.2) is 91.0 Å². The van der Waals surface area contributed by atoms with E-state index in [0.29, 0.717) is 31.0 Å². The van der Waals surface area contributed by atoms with Gasteiger partial charge >= 0.3 is 0 Å². The van der Waals surface area contributed by atoms with Crippen LogP contribution in [0.25, 0.3) is 10.8 Å². The first-order valence-electron chi connectivity index (χ1n) is 11.6. The summed E-state index contributed by atoms with van der Waals surface area (Å²) >= 11 is 0. The standard InChI is InChI=1S/C29H28N2O3/c1-33-27-15-14-23(29(32)31-18-16-30(17-19-31)25-10-3-2-4-11-25)20-24(27)21-34-28-13-7-9-22-8-5-6-12-26(22)28/h2-15,20H,16-19,21H2,1H3. The molecule has 0 bridgehead atoms. The van der Waals surface area contributed by atoms with Gasteiger partial charge in [-0.25, -0.2) is 0 Å². The predicted octanol–water partition coefficient (Wildman–Crippen LogP) is 5.39. The highest BCUT2D eigenvalue weighted by Crippen LogP contribution is 2.28. The third-order valence-corrected chi connectivity index (χ3v) is 6.35. The fraction of sp³-hybridized carbons (Fsp3) is 0.207. The van der Waals surface area contributed by atoms with Gasteiger partial charge in [0, 0.05) is 48.4 Å². The summed E-state index contributed by atoms with van der Waals surface area (Å²) in [5.41, 5.74) is 2.71. The molecule has 1 saturated heterocycles. The van der Waals surface area contributed by atoms with Gasteiger partial charge in [-0.2, -0.15) is 0 Å². The molecule has 0 spiro atoms. The van der Waals surface area contributed by atoms with Gasteiger partial charge in [-0.3, -0.25) is 4.79 Å². The fourth-order valence-electron chi connectivity index (χ4n) is 4.49. The number of rotatable bonds is 6. The minimum Gasteiger partial charge on any atom is -0.496 e. The van der Waals surface area contributed by atoms with Crippen molar-refractivity contribution in [2.75, 3.05) is 38.2 Å². The monoisotopic (exact) mass is 452 g/mol. The molecule has 172 valence electrons.